The van der Waals surface area contributed by atoms with E-state index in [1.165, 1.54) is 18.3 Å². The summed E-state index contributed by atoms with van der Waals surface area (Å²) < 4.78 is 114. The summed E-state index contributed by atoms with van der Waals surface area (Å²) in [4.78, 5) is 41.4. The summed E-state index contributed by atoms with van der Waals surface area (Å²) in [7, 11) is 1.79. The van der Waals surface area contributed by atoms with E-state index in [1.54, 1.807) is 61.6 Å². The van der Waals surface area contributed by atoms with Gasteiger partial charge in [-0.05, 0) is 144 Å². The molecule has 1 aliphatic heterocycles. The Labute approximate surface area is 616 Å². The molecule has 1 saturated heterocycles. The third-order valence-electron chi connectivity index (χ3n) is 17.0. The van der Waals surface area contributed by atoms with Crippen LogP contribution in [0.25, 0.3) is 22.5 Å². The molecule has 560 valence electrons. The van der Waals surface area contributed by atoms with Crippen LogP contribution < -0.4 is 43.4 Å². The quantitative estimate of drug-likeness (QED) is 0.0400. The summed E-state index contributed by atoms with van der Waals surface area (Å²) in [6.07, 6.45) is 6.08. The van der Waals surface area contributed by atoms with Crippen LogP contribution in [-0.2, 0) is 24.1 Å². The number of aryl methyl sites for hydroxylation is 8. The van der Waals surface area contributed by atoms with Crippen LogP contribution in [-0.4, -0.2) is 127 Å². The van der Waals surface area contributed by atoms with Gasteiger partial charge in [0.2, 0.25) is 23.8 Å². The smallest absolute Gasteiger partial charge is 0.383 e. The largest absolute Gasteiger partial charge is 0.421 e. The van der Waals surface area contributed by atoms with E-state index in [0.717, 1.165) is 108 Å². The van der Waals surface area contributed by atoms with Crippen molar-refractivity contribution in [2.24, 2.45) is 7.05 Å². The maximum absolute atomic E-state index is 15.2. The monoisotopic (exact) mass is 1520 g/mol. The number of anilines is 14. The van der Waals surface area contributed by atoms with Gasteiger partial charge in [0, 0.05) is 121 Å². The van der Waals surface area contributed by atoms with Crippen LogP contribution in [0.2, 0.25) is 10.0 Å². The SMILES string of the molecule is Cc1cc(Nc2nc(Nc3cc(C)c(-c4ncc[nH]4)cc3C)ncc2Cl)n[nH]1.Cc1cc(Nc2nc(Nc3cc(C)c([C@H]4CC[C@@H](N5CCOCC5)CC4)cc3F)ncc2C(F)(F)F)n[nH]1.Cc1cc(Nc2nc(Nc3cc(F)c(-c4cnn(C)c4)cc3C)ncc2Cl)n[nH]1.Nc1ncc(C(F)(F)F)c(N)n1. The van der Waals surface area contributed by atoms with Gasteiger partial charge in [-0.3, -0.25) is 24.9 Å². The molecule has 2 fully saturated rings. The summed E-state index contributed by atoms with van der Waals surface area (Å²) >= 11 is 12.4. The van der Waals surface area contributed by atoms with Crippen LogP contribution in [0.3, 0.4) is 0 Å². The number of aromatic amines is 4. The fourth-order valence-corrected chi connectivity index (χ4v) is 12.0. The average Bonchev–Trinajstić information content (AvgIpc) is 1.52. The summed E-state index contributed by atoms with van der Waals surface area (Å²) in [5, 5.41) is 43.1. The van der Waals surface area contributed by atoms with E-state index in [2.05, 4.69) is 134 Å². The molecule has 0 spiro atoms. The molecule has 0 atom stereocenters. The number of nitrogens with two attached hydrogens (primary N) is 2. The molecule has 3 aromatic carbocycles. The lowest BCUT2D eigenvalue weighted by Gasteiger charge is -2.39. The molecule has 14 rings (SSSR count). The lowest BCUT2D eigenvalue weighted by molar-refractivity contribution is -0.138. The minimum Gasteiger partial charge on any atom is -0.383 e. The van der Waals surface area contributed by atoms with E-state index in [4.69, 9.17) is 39.4 Å². The van der Waals surface area contributed by atoms with Gasteiger partial charge in [-0.25, -0.2) is 33.7 Å². The van der Waals surface area contributed by atoms with Crippen molar-refractivity contribution in [2.45, 2.75) is 98.5 Å². The second-order valence-corrected chi connectivity index (χ2v) is 25.9. The van der Waals surface area contributed by atoms with Crippen molar-refractivity contribution in [1.29, 1.82) is 0 Å². The van der Waals surface area contributed by atoms with Gasteiger partial charge in [0.25, 0.3) is 0 Å². The summed E-state index contributed by atoms with van der Waals surface area (Å²) in [6, 6.07) is 16.3. The van der Waals surface area contributed by atoms with E-state index in [9.17, 15) is 30.7 Å². The normalized spacial score (nSPS) is 14.5. The van der Waals surface area contributed by atoms with E-state index in [1.807, 2.05) is 59.9 Å². The molecule has 0 unspecified atom stereocenters. The number of nitrogens with zero attached hydrogens (tertiary/aromatic N) is 15. The predicted octanol–water partition coefficient (Wildman–Crippen LogP) is 15.6. The molecule has 0 radical (unpaired) electrons. The Morgan fingerprint density at radius 1 is 0.523 bits per heavy atom. The summed E-state index contributed by atoms with van der Waals surface area (Å²) in [5.74, 6) is 1.64. The highest BCUT2D eigenvalue weighted by Crippen LogP contribution is 2.41. The number of hydrogen-bond donors (Lipinski definition) is 12. The molecule has 38 heteroatoms. The Kier molecular flexibility index (Phi) is 23.8. The van der Waals surface area contributed by atoms with Gasteiger partial charge in [0.15, 0.2) is 29.1 Å². The Morgan fingerprint density at radius 3 is 1.53 bits per heavy atom. The number of aromatic nitrogens is 18. The first-order valence-corrected chi connectivity index (χ1v) is 33.9. The van der Waals surface area contributed by atoms with E-state index in [-0.39, 0.29) is 41.1 Å². The summed E-state index contributed by atoms with van der Waals surface area (Å²) in [6.45, 7) is 16.9. The van der Waals surface area contributed by atoms with Gasteiger partial charge in [-0.1, -0.05) is 23.2 Å². The second kappa shape index (κ2) is 33.2. The standard InChI is InChI=1S/C26H31F4N7O.C19H18ClFN8.C19H19ClN8.C5H5F3N4/c1-15-11-22(21(27)13-19(15)17-3-5-18(6-4-17)37-7-9-38-10-8-37)32-25-31-14-20(26(28,29)30)24(34-25)33-23-12-16(2)35-36-23;1-10-4-13(12-7-23-29(3)9-12)15(21)6-16(10)24-19-22-8-14(20)18(26-19)25-17-5-11(2)27-28-17;1-10-7-15(11(2)6-13(10)17-21-4-5-22-17)24-19-23-9-14(20)18(26-19)25-16-8-12(3)27-28-16;6-5(7,8)2-1-11-4(10)12-3(2)9/h11-14,17-18H,3-10H2,1-2H3,(H3,31,32,33,34,35,36);4-9H,1-3H3,(H3,22,24,25,26,27,28);4-9H,1-3H3,(H,21,22)(H3,23,24,25,26,27,28);1H,(H4,9,10,11,12)/t17-,18+;;;. The van der Waals surface area contributed by atoms with Crippen molar-refractivity contribution in [2.75, 3.05) is 69.7 Å². The van der Waals surface area contributed by atoms with Crippen LogP contribution in [0.5, 0.6) is 0 Å². The lowest BCUT2D eigenvalue weighted by atomic mass is 9.79. The van der Waals surface area contributed by atoms with Gasteiger partial charge in [-0.2, -0.15) is 66.7 Å². The molecule has 14 N–H and O–H groups in total. The Morgan fingerprint density at radius 2 is 1.03 bits per heavy atom. The Balaban J connectivity index is 0.000000150. The fourth-order valence-electron chi connectivity index (χ4n) is 11.7. The maximum Gasteiger partial charge on any atom is 0.421 e. The number of ether oxygens (including phenoxy) is 1. The third kappa shape index (κ3) is 19.9. The second-order valence-electron chi connectivity index (χ2n) is 25.1. The molecule has 107 heavy (non-hydrogen) atoms. The zero-order chi connectivity index (χ0) is 76.4. The maximum atomic E-state index is 15.2. The molecule has 0 amide bonds. The number of nitrogen functional groups attached to an aromatic ring is 2. The van der Waals surface area contributed by atoms with Gasteiger partial charge < -0.3 is 53.1 Å². The van der Waals surface area contributed by atoms with Gasteiger partial charge in [0.1, 0.15) is 50.3 Å². The lowest BCUT2D eigenvalue weighted by Crippen LogP contribution is -2.44. The van der Waals surface area contributed by atoms with E-state index >= 15 is 4.39 Å². The van der Waals surface area contributed by atoms with Crippen molar-refractivity contribution in [1.82, 2.24) is 95.1 Å². The molecule has 2 aliphatic rings. The zero-order valence-electron chi connectivity index (χ0n) is 58.7. The number of rotatable bonds is 16. The topological polar surface area (TPSA) is 372 Å². The highest BCUT2D eigenvalue weighted by atomic mass is 35.5. The molecule has 1 aliphatic carbocycles. The number of nitrogens with one attached hydrogen (secondary N) is 10. The number of benzene rings is 3. The molecule has 10 heterocycles. The zero-order valence-corrected chi connectivity index (χ0v) is 60.2. The molecule has 28 nitrogen and oxygen atoms in total. The van der Waals surface area contributed by atoms with Crippen LogP contribution in [0, 0.1) is 60.1 Å². The molecule has 1 saturated carbocycles. The highest BCUT2D eigenvalue weighted by molar-refractivity contribution is 6.33. The van der Waals surface area contributed by atoms with Crippen molar-refractivity contribution in [3.05, 3.63) is 182 Å². The average molecular weight is 1520 g/mol. The van der Waals surface area contributed by atoms with E-state index < -0.39 is 40.9 Å². The van der Waals surface area contributed by atoms with Gasteiger partial charge in [0.05, 0.1) is 37.5 Å². The third-order valence-corrected chi connectivity index (χ3v) is 17.6. The number of halogens is 10. The Hall–Kier alpha value is -11.6. The molecule has 9 aromatic heterocycles. The van der Waals surface area contributed by atoms with E-state index in [0.29, 0.717) is 80.2 Å². The van der Waals surface area contributed by atoms with Gasteiger partial charge in [-0.15, -0.1) is 0 Å². The molecule has 0 bridgehead atoms. The minimum atomic E-state index is -4.68. The van der Waals surface area contributed by atoms with Gasteiger partial charge >= 0.3 is 12.4 Å². The predicted molar refractivity (Wildman–Crippen MR) is 392 cm³/mol. The number of imidazole rings is 1. The van der Waals surface area contributed by atoms with Crippen LogP contribution in [0.15, 0.2) is 104 Å². The fraction of sp³-hybridized carbons (Fsp3) is 0.290. The Bertz CT molecular complexity index is 5050. The van der Waals surface area contributed by atoms with Crippen molar-refractivity contribution in [3.63, 3.8) is 0 Å². The number of H-pyrrole nitrogens is 4. The first kappa shape index (κ1) is 76.5. The highest BCUT2D eigenvalue weighted by Gasteiger charge is 2.37. The van der Waals surface area contributed by atoms with Crippen molar-refractivity contribution in [3.8, 4) is 22.5 Å². The summed E-state index contributed by atoms with van der Waals surface area (Å²) in [5.41, 5.74) is 19.0. The van der Waals surface area contributed by atoms with Crippen molar-refractivity contribution >= 4 is 105 Å². The first-order chi connectivity index (χ1) is 51.0. The molecular formula is C69H73Cl2F8N27O. The van der Waals surface area contributed by atoms with Crippen LogP contribution in [0.4, 0.5) is 117 Å². The minimum absolute atomic E-state index is 0.106. The molecule has 12 aromatic rings. The molecular weight excluding hydrogens is 1450 g/mol. The number of hydrogen-bond acceptors (Lipinski definition) is 23. The number of morpholine rings is 1. The van der Waals surface area contributed by atoms with Crippen molar-refractivity contribution < 1.29 is 39.9 Å². The van der Waals surface area contributed by atoms with Crippen LogP contribution >= 0.6 is 23.2 Å². The van der Waals surface area contributed by atoms with Crippen LogP contribution in [0.1, 0.15) is 87.6 Å². The first-order valence-electron chi connectivity index (χ1n) is 33.1. The number of alkyl halides is 6.